The molecule has 7 heteroatoms. The number of thiophene rings is 1. The summed E-state index contributed by atoms with van der Waals surface area (Å²) in [6.07, 6.45) is 4.22. The molecule has 0 saturated carbocycles. The molecule has 110 valence electrons. The van der Waals surface area contributed by atoms with Gasteiger partial charge in [-0.1, -0.05) is 0 Å². The highest BCUT2D eigenvalue weighted by Gasteiger charge is 2.26. The summed E-state index contributed by atoms with van der Waals surface area (Å²) in [5.41, 5.74) is -0.549. The van der Waals surface area contributed by atoms with Crippen LogP contribution in [0.15, 0.2) is 29.8 Å². The zero-order chi connectivity index (χ0) is 15.5. The van der Waals surface area contributed by atoms with Gasteiger partial charge in [0.1, 0.15) is 5.01 Å². The van der Waals surface area contributed by atoms with Crippen molar-refractivity contribution in [1.82, 2.24) is 10.3 Å². The highest BCUT2D eigenvalue weighted by molar-refractivity contribution is 7.14. The van der Waals surface area contributed by atoms with Crippen LogP contribution in [-0.2, 0) is 10.3 Å². The van der Waals surface area contributed by atoms with Crippen LogP contribution in [0.4, 0.5) is 0 Å². The molecule has 0 spiro atoms. The van der Waals surface area contributed by atoms with Crippen molar-refractivity contribution in [2.45, 2.75) is 19.4 Å². The van der Waals surface area contributed by atoms with Gasteiger partial charge in [-0.2, -0.15) is 0 Å². The lowest BCUT2D eigenvalue weighted by Gasteiger charge is -2.23. The van der Waals surface area contributed by atoms with Crippen molar-refractivity contribution in [3.05, 3.63) is 44.5 Å². The Kier molecular flexibility index (Phi) is 4.54. The second-order valence-electron chi connectivity index (χ2n) is 4.79. The van der Waals surface area contributed by atoms with Crippen molar-refractivity contribution in [3.8, 4) is 0 Å². The number of nitrogens with zero attached hydrogens (tertiary/aromatic N) is 1. The first kappa shape index (κ1) is 15.4. The van der Waals surface area contributed by atoms with Gasteiger partial charge in [0.05, 0.1) is 10.4 Å². The Morgan fingerprint density at radius 3 is 2.76 bits per heavy atom. The molecule has 0 saturated heterocycles. The zero-order valence-corrected chi connectivity index (χ0v) is 13.1. The summed E-state index contributed by atoms with van der Waals surface area (Å²) in [5, 5.41) is 14.2. The molecular formula is C14H14N2O3S2. The van der Waals surface area contributed by atoms with E-state index in [0.29, 0.717) is 4.88 Å². The molecule has 2 heterocycles. The van der Waals surface area contributed by atoms with Gasteiger partial charge in [-0.25, -0.2) is 9.78 Å². The Labute approximate surface area is 130 Å². The Morgan fingerprint density at radius 2 is 2.14 bits per heavy atom. The summed E-state index contributed by atoms with van der Waals surface area (Å²) >= 11 is 2.73. The first-order chi connectivity index (χ1) is 9.88. The molecule has 0 aliphatic rings. The molecule has 21 heavy (non-hydrogen) atoms. The van der Waals surface area contributed by atoms with Gasteiger partial charge >= 0.3 is 5.97 Å². The van der Waals surface area contributed by atoms with Crippen molar-refractivity contribution in [2.75, 3.05) is 0 Å². The zero-order valence-electron chi connectivity index (χ0n) is 11.5. The number of nitrogens with one attached hydrogen (secondary N) is 1. The van der Waals surface area contributed by atoms with Crippen molar-refractivity contribution in [3.63, 3.8) is 0 Å². The predicted octanol–water partition coefficient (Wildman–Crippen LogP) is 2.97. The molecular weight excluding hydrogens is 308 g/mol. The lowest BCUT2D eigenvalue weighted by atomic mass is 10.1. The molecule has 0 unspecified atom stereocenters. The quantitative estimate of drug-likeness (QED) is 0.830. The smallest absolute Gasteiger partial charge is 0.328 e. The van der Waals surface area contributed by atoms with Crippen LogP contribution in [0.25, 0.3) is 6.08 Å². The first-order valence-corrected chi connectivity index (χ1v) is 7.81. The van der Waals surface area contributed by atoms with E-state index in [9.17, 15) is 9.59 Å². The maximum Gasteiger partial charge on any atom is 0.328 e. The number of hydrogen-bond acceptors (Lipinski definition) is 5. The third-order valence-corrected chi connectivity index (χ3v) is 4.78. The van der Waals surface area contributed by atoms with E-state index in [1.165, 1.54) is 28.7 Å². The van der Waals surface area contributed by atoms with Gasteiger partial charge in [-0.15, -0.1) is 22.7 Å². The average Bonchev–Trinajstić information content (AvgIpc) is 3.07. The largest absolute Gasteiger partial charge is 0.478 e. The van der Waals surface area contributed by atoms with Crippen molar-refractivity contribution < 1.29 is 14.7 Å². The van der Waals surface area contributed by atoms with Crippen molar-refractivity contribution in [2.24, 2.45) is 0 Å². The number of amides is 1. The normalized spacial score (nSPS) is 11.7. The summed E-state index contributed by atoms with van der Waals surface area (Å²) in [6, 6.07) is 3.40. The fraction of sp³-hybridized carbons (Fsp3) is 0.214. The van der Waals surface area contributed by atoms with Gasteiger partial charge in [-0.3, -0.25) is 4.79 Å². The first-order valence-electron chi connectivity index (χ1n) is 6.12. The molecule has 0 fully saturated rings. The topological polar surface area (TPSA) is 79.3 Å². The Hall–Kier alpha value is -1.99. The Balaban J connectivity index is 2.09. The highest BCUT2D eigenvalue weighted by Crippen LogP contribution is 2.24. The van der Waals surface area contributed by atoms with Crippen molar-refractivity contribution >= 4 is 40.6 Å². The second kappa shape index (κ2) is 6.19. The van der Waals surface area contributed by atoms with Crippen LogP contribution < -0.4 is 5.32 Å². The molecule has 0 aromatic carbocycles. The summed E-state index contributed by atoms with van der Waals surface area (Å²) in [7, 11) is 0. The molecule has 2 aromatic heterocycles. The number of rotatable bonds is 5. The Morgan fingerprint density at radius 1 is 1.38 bits per heavy atom. The molecule has 0 aliphatic carbocycles. The minimum Gasteiger partial charge on any atom is -0.478 e. The molecule has 0 radical (unpaired) electrons. The van der Waals surface area contributed by atoms with Crippen LogP contribution in [-0.4, -0.2) is 22.0 Å². The van der Waals surface area contributed by atoms with E-state index in [2.05, 4.69) is 10.3 Å². The lowest BCUT2D eigenvalue weighted by molar-refractivity contribution is -0.131. The molecule has 0 bridgehead atoms. The van der Waals surface area contributed by atoms with E-state index in [1.807, 2.05) is 19.2 Å². The number of carboxylic acid groups (broad SMARTS) is 1. The molecule has 2 aromatic rings. The number of hydrogen-bond donors (Lipinski definition) is 2. The van der Waals surface area contributed by atoms with Gasteiger partial charge in [0, 0.05) is 22.5 Å². The number of thiazole rings is 1. The van der Waals surface area contributed by atoms with Gasteiger partial charge in [0.2, 0.25) is 0 Å². The summed E-state index contributed by atoms with van der Waals surface area (Å²) in [5.74, 6) is -1.21. The third-order valence-electron chi connectivity index (χ3n) is 2.63. The minimum atomic E-state index is -1.01. The van der Waals surface area contributed by atoms with Crippen LogP contribution >= 0.6 is 22.7 Å². The van der Waals surface area contributed by atoms with Crippen molar-refractivity contribution in [1.29, 1.82) is 0 Å². The molecule has 1 amide bonds. The fourth-order valence-corrected chi connectivity index (χ4v) is 3.17. The standard InChI is InChI=1S/C14H14N2O3S2/c1-14(2,13-15-7-8-20-13)16-12(19)10-5-3-9(21-10)4-6-11(17)18/h3-8H,1-2H3,(H,16,19)(H,17,18)/b6-4+. The van der Waals surface area contributed by atoms with E-state index < -0.39 is 11.5 Å². The molecule has 0 atom stereocenters. The fourth-order valence-electron chi connectivity index (χ4n) is 1.65. The maximum absolute atomic E-state index is 12.2. The van der Waals surface area contributed by atoms with Crippen LogP contribution in [0, 0.1) is 0 Å². The van der Waals surface area contributed by atoms with Gasteiger partial charge in [0.25, 0.3) is 5.91 Å². The molecule has 2 rings (SSSR count). The van der Waals surface area contributed by atoms with E-state index in [1.54, 1.807) is 18.3 Å². The number of carbonyl (C=O) groups excluding carboxylic acids is 1. The summed E-state index contributed by atoms with van der Waals surface area (Å²) < 4.78 is 0. The molecule has 0 aliphatic heterocycles. The summed E-state index contributed by atoms with van der Waals surface area (Å²) in [4.78, 5) is 28.2. The minimum absolute atomic E-state index is 0.199. The van der Waals surface area contributed by atoms with Crippen LogP contribution in [0.2, 0.25) is 0 Å². The van der Waals surface area contributed by atoms with E-state index in [-0.39, 0.29) is 5.91 Å². The molecule has 2 N–H and O–H groups in total. The van der Waals surface area contributed by atoms with Crippen LogP contribution in [0.5, 0.6) is 0 Å². The number of carboxylic acids is 1. The third kappa shape index (κ3) is 3.99. The predicted molar refractivity (Wildman–Crippen MR) is 83.6 cm³/mol. The number of carbonyl (C=O) groups is 2. The van der Waals surface area contributed by atoms with Gasteiger partial charge in [0.15, 0.2) is 0 Å². The maximum atomic E-state index is 12.2. The van der Waals surface area contributed by atoms with E-state index in [4.69, 9.17) is 5.11 Å². The monoisotopic (exact) mass is 322 g/mol. The van der Waals surface area contributed by atoms with Gasteiger partial charge in [-0.05, 0) is 32.1 Å². The highest BCUT2D eigenvalue weighted by atomic mass is 32.1. The number of aliphatic carboxylic acids is 1. The number of aromatic nitrogens is 1. The summed E-state index contributed by atoms with van der Waals surface area (Å²) in [6.45, 7) is 3.78. The molecule has 5 nitrogen and oxygen atoms in total. The van der Waals surface area contributed by atoms with E-state index >= 15 is 0 Å². The average molecular weight is 322 g/mol. The van der Waals surface area contributed by atoms with Crippen LogP contribution in [0.1, 0.15) is 33.4 Å². The van der Waals surface area contributed by atoms with E-state index in [0.717, 1.165) is 16.0 Å². The van der Waals surface area contributed by atoms with Gasteiger partial charge < -0.3 is 10.4 Å². The Bertz CT molecular complexity index is 672. The van der Waals surface area contributed by atoms with Crippen LogP contribution in [0.3, 0.4) is 0 Å². The lowest BCUT2D eigenvalue weighted by Crippen LogP contribution is -2.40. The SMILES string of the molecule is CC(C)(NC(=O)c1ccc(/C=C/C(=O)O)s1)c1nccs1. The second-order valence-corrected chi connectivity index (χ2v) is 6.80.